The van der Waals surface area contributed by atoms with Crippen LogP contribution in [0.2, 0.25) is 0 Å². The quantitative estimate of drug-likeness (QED) is 0.814. The van der Waals surface area contributed by atoms with Crippen LogP contribution in [0.5, 0.6) is 0 Å². The van der Waals surface area contributed by atoms with Gasteiger partial charge in [-0.15, -0.1) is 5.10 Å². The minimum absolute atomic E-state index is 0.0241. The van der Waals surface area contributed by atoms with E-state index in [4.69, 9.17) is 5.11 Å². The number of halogens is 1. The number of aliphatic hydroxyl groups excluding tert-OH is 1. The summed E-state index contributed by atoms with van der Waals surface area (Å²) in [5.41, 5.74) is 0. The Morgan fingerprint density at radius 2 is 2.32 bits per heavy atom. The van der Waals surface area contributed by atoms with Gasteiger partial charge in [0.05, 0.1) is 19.2 Å². The molecule has 19 heavy (non-hydrogen) atoms. The number of aromatic nitrogens is 4. The number of nitrogens with zero attached hydrogens (tertiary/aromatic N) is 5. The van der Waals surface area contributed by atoms with E-state index in [1.54, 1.807) is 0 Å². The van der Waals surface area contributed by atoms with Gasteiger partial charge in [0.1, 0.15) is 12.7 Å². The van der Waals surface area contributed by atoms with Gasteiger partial charge < -0.3 is 10.0 Å². The average molecular weight is 271 g/mol. The number of carbonyl (C=O) groups is 1. The van der Waals surface area contributed by atoms with Gasteiger partial charge in [0.2, 0.25) is 5.91 Å². The largest absolute Gasteiger partial charge is 0.394 e. The summed E-state index contributed by atoms with van der Waals surface area (Å²) in [7, 11) is 0. The second-order valence-corrected chi connectivity index (χ2v) is 5.06. The Morgan fingerprint density at radius 1 is 1.58 bits per heavy atom. The summed E-state index contributed by atoms with van der Waals surface area (Å²) in [4.78, 5) is 13.5. The number of hydrogen-bond acceptors (Lipinski definition) is 5. The minimum Gasteiger partial charge on any atom is -0.394 e. The Morgan fingerprint density at radius 3 is 2.95 bits per heavy atom. The lowest BCUT2D eigenvalue weighted by atomic mass is 10.2. The van der Waals surface area contributed by atoms with Crippen molar-refractivity contribution in [2.75, 3.05) is 13.2 Å². The fourth-order valence-corrected chi connectivity index (χ4v) is 2.29. The van der Waals surface area contributed by atoms with Gasteiger partial charge in [-0.2, -0.15) is 0 Å². The van der Waals surface area contributed by atoms with Crippen molar-refractivity contribution in [3.8, 4) is 0 Å². The zero-order valence-corrected chi connectivity index (χ0v) is 11.0. The van der Waals surface area contributed by atoms with E-state index in [9.17, 15) is 9.18 Å². The number of amides is 1. The second-order valence-electron chi connectivity index (χ2n) is 5.06. The van der Waals surface area contributed by atoms with Gasteiger partial charge in [0.25, 0.3) is 0 Å². The molecule has 1 aromatic rings. The van der Waals surface area contributed by atoms with E-state index in [0.717, 1.165) is 0 Å². The highest BCUT2D eigenvalue weighted by Gasteiger charge is 2.35. The first kappa shape index (κ1) is 13.9. The Hall–Kier alpha value is -1.57. The van der Waals surface area contributed by atoms with E-state index in [-0.39, 0.29) is 37.9 Å². The average Bonchev–Trinajstić information content (AvgIpc) is 2.95. The normalized spacial score (nSPS) is 23.3. The summed E-state index contributed by atoms with van der Waals surface area (Å²) < 4.78 is 14.7. The molecule has 1 N–H and O–H groups in total. The van der Waals surface area contributed by atoms with E-state index < -0.39 is 12.2 Å². The van der Waals surface area contributed by atoms with Crippen molar-refractivity contribution >= 4 is 5.91 Å². The first-order valence-corrected chi connectivity index (χ1v) is 6.33. The maximum atomic E-state index is 13.3. The Bertz CT molecular complexity index is 450. The Labute approximate surface area is 110 Å². The van der Waals surface area contributed by atoms with E-state index in [0.29, 0.717) is 5.82 Å². The molecule has 1 aliphatic rings. The van der Waals surface area contributed by atoms with Crippen LogP contribution in [-0.4, -0.2) is 61.5 Å². The summed E-state index contributed by atoms with van der Waals surface area (Å²) in [6, 6.07) is -0.443. The molecule has 0 spiro atoms. The molecule has 0 bridgehead atoms. The SMILES string of the molecule is CC(C)c1nnnn1CC(=O)N1C[C@@H](F)C[C@H]1CO. The number of likely N-dealkylation sites (tertiary alicyclic amines) is 1. The fraction of sp³-hybridized carbons (Fsp3) is 0.818. The molecule has 0 saturated carbocycles. The van der Waals surface area contributed by atoms with Crippen LogP contribution in [0.3, 0.4) is 0 Å². The number of aliphatic hydroxyl groups is 1. The van der Waals surface area contributed by atoms with Crippen molar-refractivity contribution in [3.05, 3.63) is 5.82 Å². The smallest absolute Gasteiger partial charge is 0.244 e. The van der Waals surface area contributed by atoms with Crippen LogP contribution in [0.4, 0.5) is 4.39 Å². The molecule has 0 radical (unpaired) electrons. The zero-order valence-electron chi connectivity index (χ0n) is 11.0. The topological polar surface area (TPSA) is 84.1 Å². The third kappa shape index (κ3) is 2.89. The molecule has 2 heterocycles. The predicted molar refractivity (Wildman–Crippen MR) is 64.0 cm³/mol. The number of carbonyl (C=O) groups excluding carboxylic acids is 1. The van der Waals surface area contributed by atoms with E-state index in [1.165, 1.54) is 9.58 Å². The molecule has 0 unspecified atom stereocenters. The Kier molecular flexibility index (Phi) is 4.08. The standard InChI is InChI=1S/C11H18FN5O2/c1-7(2)11-13-14-15-17(11)5-10(19)16-4-8(12)3-9(16)6-18/h7-9,18H,3-6H2,1-2H3/t8-,9-/m0/s1. The van der Waals surface area contributed by atoms with Crippen LogP contribution < -0.4 is 0 Å². The summed E-state index contributed by atoms with van der Waals surface area (Å²) in [5.74, 6) is 0.447. The van der Waals surface area contributed by atoms with Crippen LogP contribution in [0.15, 0.2) is 0 Å². The number of hydrogen-bond donors (Lipinski definition) is 1. The van der Waals surface area contributed by atoms with E-state index >= 15 is 0 Å². The summed E-state index contributed by atoms with van der Waals surface area (Å²) in [5, 5.41) is 20.3. The van der Waals surface area contributed by atoms with Gasteiger partial charge in [-0.05, 0) is 10.4 Å². The molecular weight excluding hydrogens is 253 g/mol. The van der Waals surface area contributed by atoms with Crippen molar-refractivity contribution in [1.29, 1.82) is 0 Å². The molecule has 8 heteroatoms. The maximum Gasteiger partial charge on any atom is 0.244 e. The van der Waals surface area contributed by atoms with Crippen LogP contribution in [0, 0.1) is 0 Å². The lowest BCUT2D eigenvalue weighted by Gasteiger charge is -2.22. The molecule has 1 aromatic heterocycles. The molecule has 2 atom stereocenters. The van der Waals surface area contributed by atoms with Crippen LogP contribution in [0.1, 0.15) is 32.0 Å². The van der Waals surface area contributed by atoms with E-state index in [2.05, 4.69) is 15.5 Å². The van der Waals surface area contributed by atoms with Gasteiger partial charge in [-0.3, -0.25) is 4.79 Å². The highest BCUT2D eigenvalue weighted by Crippen LogP contribution is 2.20. The molecule has 1 amide bonds. The van der Waals surface area contributed by atoms with Gasteiger partial charge in [0.15, 0.2) is 5.82 Å². The lowest BCUT2D eigenvalue weighted by molar-refractivity contribution is -0.133. The van der Waals surface area contributed by atoms with Crippen LogP contribution in [-0.2, 0) is 11.3 Å². The number of tetrazole rings is 1. The first-order valence-electron chi connectivity index (χ1n) is 6.33. The van der Waals surface area contributed by atoms with Crippen molar-refractivity contribution < 1.29 is 14.3 Å². The summed E-state index contributed by atoms with van der Waals surface area (Å²) >= 11 is 0. The maximum absolute atomic E-state index is 13.3. The molecule has 2 rings (SSSR count). The number of alkyl halides is 1. The molecule has 7 nitrogen and oxygen atoms in total. The highest BCUT2D eigenvalue weighted by molar-refractivity contribution is 5.76. The van der Waals surface area contributed by atoms with Crippen LogP contribution in [0.25, 0.3) is 0 Å². The highest BCUT2D eigenvalue weighted by atomic mass is 19.1. The van der Waals surface area contributed by atoms with Crippen molar-refractivity contribution in [2.45, 2.75) is 44.9 Å². The third-order valence-electron chi connectivity index (χ3n) is 3.26. The summed E-state index contributed by atoms with van der Waals surface area (Å²) in [6.07, 6.45) is -0.880. The van der Waals surface area contributed by atoms with Crippen molar-refractivity contribution in [2.24, 2.45) is 0 Å². The molecule has 1 fully saturated rings. The Balaban J connectivity index is 2.06. The first-order chi connectivity index (χ1) is 9.02. The molecule has 0 aromatic carbocycles. The fourth-order valence-electron chi connectivity index (χ4n) is 2.29. The monoisotopic (exact) mass is 271 g/mol. The lowest BCUT2D eigenvalue weighted by Crippen LogP contribution is -2.40. The van der Waals surface area contributed by atoms with Gasteiger partial charge >= 0.3 is 0 Å². The third-order valence-corrected chi connectivity index (χ3v) is 3.26. The molecule has 0 aliphatic carbocycles. The summed E-state index contributed by atoms with van der Waals surface area (Å²) in [6.45, 7) is 3.64. The molecular formula is C11H18FN5O2. The van der Waals surface area contributed by atoms with E-state index in [1.807, 2.05) is 13.8 Å². The predicted octanol–water partition coefficient (Wildman–Crippen LogP) is -0.272. The zero-order chi connectivity index (χ0) is 14.0. The van der Waals surface area contributed by atoms with Gasteiger partial charge in [0, 0.05) is 12.3 Å². The molecule has 1 saturated heterocycles. The van der Waals surface area contributed by atoms with Crippen molar-refractivity contribution in [3.63, 3.8) is 0 Å². The number of rotatable bonds is 4. The van der Waals surface area contributed by atoms with Gasteiger partial charge in [-0.1, -0.05) is 13.8 Å². The van der Waals surface area contributed by atoms with Crippen LogP contribution >= 0.6 is 0 Å². The molecule has 1 aliphatic heterocycles. The second kappa shape index (κ2) is 5.60. The minimum atomic E-state index is -1.07. The van der Waals surface area contributed by atoms with Gasteiger partial charge in [-0.25, -0.2) is 9.07 Å². The molecule has 106 valence electrons. The van der Waals surface area contributed by atoms with Crippen molar-refractivity contribution in [1.82, 2.24) is 25.1 Å².